The molecule has 128 valence electrons. The van der Waals surface area contributed by atoms with Gasteiger partial charge in [-0.15, -0.1) is 0 Å². The third-order valence-electron chi connectivity index (χ3n) is 3.83. The van der Waals surface area contributed by atoms with E-state index < -0.39 is 0 Å². The van der Waals surface area contributed by atoms with E-state index in [0.29, 0.717) is 32.2 Å². The summed E-state index contributed by atoms with van der Waals surface area (Å²) in [7, 11) is 3.11. The number of carbonyl (C=O) groups excluding carboxylic acids is 2. The summed E-state index contributed by atoms with van der Waals surface area (Å²) in [5, 5.41) is 0. The summed E-state index contributed by atoms with van der Waals surface area (Å²) in [6.45, 7) is 0.543. The van der Waals surface area contributed by atoms with Crippen molar-refractivity contribution in [1.29, 1.82) is 0 Å². The number of ether oxygens (including phenoxy) is 1. The number of amides is 1. The van der Waals surface area contributed by atoms with E-state index >= 15 is 0 Å². The zero-order valence-corrected chi connectivity index (χ0v) is 14.2. The second-order valence-electron chi connectivity index (χ2n) is 5.63. The molecule has 0 aliphatic carbocycles. The molecule has 2 aromatic rings. The van der Waals surface area contributed by atoms with Crippen molar-refractivity contribution in [2.24, 2.45) is 0 Å². The van der Waals surface area contributed by atoms with E-state index in [1.165, 1.54) is 7.11 Å². The number of methoxy groups -OCH3 is 1. The van der Waals surface area contributed by atoms with Crippen molar-refractivity contribution < 1.29 is 18.7 Å². The molecule has 0 saturated heterocycles. The van der Waals surface area contributed by atoms with Gasteiger partial charge in [-0.05, 0) is 18.6 Å². The van der Waals surface area contributed by atoms with Gasteiger partial charge in [0.25, 0.3) is 0 Å². The van der Waals surface area contributed by atoms with E-state index in [4.69, 9.17) is 4.42 Å². The molecule has 0 aliphatic heterocycles. The molecular formula is C19H23NO4. The van der Waals surface area contributed by atoms with Gasteiger partial charge in [0.2, 0.25) is 5.91 Å². The van der Waals surface area contributed by atoms with Gasteiger partial charge >= 0.3 is 5.97 Å². The molecule has 0 radical (unpaired) electrons. The van der Waals surface area contributed by atoms with E-state index in [-0.39, 0.29) is 11.9 Å². The second kappa shape index (κ2) is 8.91. The van der Waals surface area contributed by atoms with Crippen LogP contribution in [0.15, 0.2) is 46.9 Å². The quantitative estimate of drug-likeness (QED) is 0.697. The lowest BCUT2D eigenvalue weighted by Gasteiger charge is -2.16. The molecule has 0 N–H and O–H groups in total. The molecule has 24 heavy (non-hydrogen) atoms. The number of nitrogens with zero attached hydrogens (tertiary/aromatic N) is 1. The largest absolute Gasteiger partial charge is 0.469 e. The van der Waals surface area contributed by atoms with Crippen molar-refractivity contribution in [1.82, 2.24) is 4.90 Å². The van der Waals surface area contributed by atoms with Crippen molar-refractivity contribution >= 4 is 11.9 Å². The third kappa shape index (κ3) is 5.26. The molecule has 1 aromatic carbocycles. The van der Waals surface area contributed by atoms with Crippen molar-refractivity contribution in [3.8, 4) is 11.3 Å². The Morgan fingerprint density at radius 3 is 2.54 bits per heavy atom. The van der Waals surface area contributed by atoms with Gasteiger partial charge in [0.1, 0.15) is 11.5 Å². The summed E-state index contributed by atoms with van der Waals surface area (Å²) in [5.74, 6) is 1.40. The number of esters is 1. The third-order valence-corrected chi connectivity index (χ3v) is 3.83. The number of hydrogen-bond donors (Lipinski definition) is 0. The summed E-state index contributed by atoms with van der Waals surface area (Å²) in [5.41, 5.74) is 1.02. The van der Waals surface area contributed by atoms with Crippen molar-refractivity contribution in [3.63, 3.8) is 0 Å². The standard InChI is InChI=1S/C19H23NO4/c1-20(14-6-9-19(22)23-2)18(21)13-11-16-10-12-17(24-16)15-7-4-3-5-8-15/h3-5,7-8,10,12H,6,9,11,13-14H2,1-2H3. The molecule has 0 atom stereocenters. The minimum Gasteiger partial charge on any atom is -0.469 e. The smallest absolute Gasteiger partial charge is 0.305 e. The van der Waals surface area contributed by atoms with Crippen LogP contribution in [0.4, 0.5) is 0 Å². The van der Waals surface area contributed by atoms with Gasteiger partial charge in [0.05, 0.1) is 7.11 Å². The van der Waals surface area contributed by atoms with Crippen LogP contribution in [0.2, 0.25) is 0 Å². The zero-order chi connectivity index (χ0) is 17.4. The molecule has 0 saturated carbocycles. The fourth-order valence-electron chi connectivity index (χ4n) is 2.38. The van der Waals surface area contributed by atoms with E-state index in [0.717, 1.165) is 17.1 Å². The number of aryl methyl sites for hydroxylation is 1. The number of carbonyl (C=O) groups is 2. The maximum absolute atomic E-state index is 12.1. The average Bonchev–Trinajstić information content (AvgIpc) is 3.09. The first kappa shape index (κ1) is 17.8. The lowest BCUT2D eigenvalue weighted by Crippen LogP contribution is -2.28. The molecule has 5 nitrogen and oxygen atoms in total. The van der Waals surface area contributed by atoms with Crippen LogP contribution in [0.3, 0.4) is 0 Å². The first-order chi connectivity index (χ1) is 11.6. The van der Waals surface area contributed by atoms with Crippen molar-refractivity contribution in [2.75, 3.05) is 20.7 Å². The number of benzene rings is 1. The van der Waals surface area contributed by atoms with E-state index in [9.17, 15) is 9.59 Å². The molecule has 0 aliphatic rings. The van der Waals surface area contributed by atoms with Gasteiger partial charge in [-0.3, -0.25) is 9.59 Å². The fourth-order valence-corrected chi connectivity index (χ4v) is 2.38. The number of hydrogen-bond acceptors (Lipinski definition) is 4. The highest BCUT2D eigenvalue weighted by Crippen LogP contribution is 2.22. The van der Waals surface area contributed by atoms with Crippen LogP contribution < -0.4 is 0 Å². The van der Waals surface area contributed by atoms with Crippen molar-refractivity contribution in [2.45, 2.75) is 25.7 Å². The van der Waals surface area contributed by atoms with E-state index in [1.54, 1.807) is 11.9 Å². The minimum atomic E-state index is -0.250. The monoisotopic (exact) mass is 329 g/mol. The molecule has 1 aromatic heterocycles. The van der Waals surface area contributed by atoms with Crippen LogP contribution in [0.1, 0.15) is 25.0 Å². The minimum absolute atomic E-state index is 0.0394. The Balaban J connectivity index is 1.77. The van der Waals surface area contributed by atoms with Crippen LogP contribution in [-0.2, 0) is 20.7 Å². The van der Waals surface area contributed by atoms with Crippen LogP contribution in [0.5, 0.6) is 0 Å². The molecule has 0 fully saturated rings. The highest BCUT2D eigenvalue weighted by atomic mass is 16.5. The number of rotatable bonds is 8. The lowest BCUT2D eigenvalue weighted by atomic mass is 10.2. The van der Waals surface area contributed by atoms with Gasteiger partial charge in [0, 0.05) is 38.4 Å². The Morgan fingerprint density at radius 1 is 1.08 bits per heavy atom. The zero-order valence-electron chi connectivity index (χ0n) is 14.2. The molecule has 0 spiro atoms. The Morgan fingerprint density at radius 2 is 1.83 bits per heavy atom. The summed E-state index contributed by atoms with van der Waals surface area (Å²) < 4.78 is 10.4. The Bertz CT molecular complexity index is 663. The molecule has 1 heterocycles. The average molecular weight is 329 g/mol. The maximum atomic E-state index is 12.1. The first-order valence-electron chi connectivity index (χ1n) is 8.05. The summed E-state index contributed by atoms with van der Waals surface area (Å²) in [4.78, 5) is 24.8. The predicted molar refractivity (Wildman–Crippen MR) is 91.4 cm³/mol. The summed E-state index contributed by atoms with van der Waals surface area (Å²) in [6.07, 6.45) is 1.88. The molecular weight excluding hydrogens is 306 g/mol. The van der Waals surface area contributed by atoms with Gasteiger partial charge in [-0.2, -0.15) is 0 Å². The Hall–Kier alpha value is -2.56. The van der Waals surface area contributed by atoms with Crippen LogP contribution in [-0.4, -0.2) is 37.5 Å². The Kier molecular flexibility index (Phi) is 6.61. The van der Waals surface area contributed by atoms with Crippen molar-refractivity contribution in [3.05, 3.63) is 48.2 Å². The van der Waals surface area contributed by atoms with E-state index in [2.05, 4.69) is 4.74 Å². The molecule has 1 amide bonds. The Labute approximate surface area is 142 Å². The first-order valence-corrected chi connectivity index (χ1v) is 8.05. The van der Waals surface area contributed by atoms with Gasteiger partial charge in [-0.25, -0.2) is 0 Å². The lowest BCUT2D eigenvalue weighted by molar-refractivity contribution is -0.141. The van der Waals surface area contributed by atoms with Gasteiger partial charge in [0.15, 0.2) is 0 Å². The molecule has 0 bridgehead atoms. The predicted octanol–water partition coefficient (Wildman–Crippen LogP) is 3.29. The van der Waals surface area contributed by atoms with Crippen LogP contribution in [0, 0.1) is 0 Å². The summed E-state index contributed by atoms with van der Waals surface area (Å²) >= 11 is 0. The number of furan rings is 1. The normalized spacial score (nSPS) is 10.4. The molecule has 5 heteroatoms. The van der Waals surface area contributed by atoms with Gasteiger partial charge < -0.3 is 14.1 Å². The maximum Gasteiger partial charge on any atom is 0.305 e. The molecule has 2 rings (SSSR count). The van der Waals surface area contributed by atoms with E-state index in [1.807, 2.05) is 42.5 Å². The second-order valence-corrected chi connectivity index (χ2v) is 5.63. The molecule has 0 unspecified atom stereocenters. The summed E-state index contributed by atoms with van der Waals surface area (Å²) in [6, 6.07) is 13.7. The highest BCUT2D eigenvalue weighted by molar-refractivity contribution is 5.76. The van der Waals surface area contributed by atoms with Crippen LogP contribution >= 0.6 is 0 Å². The topological polar surface area (TPSA) is 59.8 Å². The fraction of sp³-hybridized carbons (Fsp3) is 0.368. The highest BCUT2D eigenvalue weighted by Gasteiger charge is 2.12. The van der Waals surface area contributed by atoms with Gasteiger partial charge in [-0.1, -0.05) is 30.3 Å². The van der Waals surface area contributed by atoms with Crippen LogP contribution in [0.25, 0.3) is 11.3 Å². The SMILES string of the molecule is COC(=O)CCCN(C)C(=O)CCc1ccc(-c2ccccc2)o1.